The van der Waals surface area contributed by atoms with Gasteiger partial charge in [0.2, 0.25) is 0 Å². The van der Waals surface area contributed by atoms with Gasteiger partial charge < -0.3 is 19.5 Å². The largest absolute Gasteiger partial charge is 0.497 e. The molecule has 1 aliphatic heterocycles. The van der Waals surface area contributed by atoms with Crippen molar-refractivity contribution in [1.29, 1.82) is 0 Å². The lowest BCUT2D eigenvalue weighted by Crippen LogP contribution is -2.53. The van der Waals surface area contributed by atoms with E-state index in [-0.39, 0.29) is 5.78 Å². The highest BCUT2D eigenvalue weighted by Gasteiger charge is 2.42. The summed E-state index contributed by atoms with van der Waals surface area (Å²) < 4.78 is 10.4. The number of likely N-dealkylation sites (tertiary alicyclic amines) is 1. The SMILES string of the molecule is CCN1CC[C@](O)(/C=C/c2ccc(OC)cc2)[C@H](C(=O)/C=C/c2ccc(OC)cc2)C1. The van der Waals surface area contributed by atoms with Crippen molar-refractivity contribution in [3.8, 4) is 11.5 Å². The molecule has 1 aliphatic rings. The summed E-state index contributed by atoms with van der Waals surface area (Å²) in [5, 5.41) is 11.4. The molecule has 164 valence electrons. The molecule has 1 fully saturated rings. The quantitative estimate of drug-likeness (QED) is 0.651. The lowest BCUT2D eigenvalue weighted by Gasteiger charge is -2.41. The molecular formula is C26H31NO4. The van der Waals surface area contributed by atoms with E-state index in [1.165, 1.54) is 0 Å². The third-order valence-corrected chi connectivity index (χ3v) is 5.90. The van der Waals surface area contributed by atoms with Crippen molar-refractivity contribution in [2.75, 3.05) is 33.9 Å². The maximum Gasteiger partial charge on any atom is 0.163 e. The molecule has 0 aliphatic carbocycles. The van der Waals surface area contributed by atoms with E-state index in [4.69, 9.17) is 9.47 Å². The molecule has 0 radical (unpaired) electrons. The Kier molecular flexibility index (Phi) is 7.66. The number of aliphatic hydroxyl groups is 1. The number of allylic oxidation sites excluding steroid dienone is 1. The first kappa shape index (κ1) is 22.8. The van der Waals surface area contributed by atoms with Crippen LogP contribution < -0.4 is 9.47 Å². The molecular weight excluding hydrogens is 390 g/mol. The molecule has 0 bridgehead atoms. The van der Waals surface area contributed by atoms with Crippen LogP contribution in [0.1, 0.15) is 24.5 Å². The zero-order valence-corrected chi connectivity index (χ0v) is 18.5. The number of carbonyl (C=O) groups is 1. The molecule has 2 aromatic rings. The molecule has 1 heterocycles. The summed E-state index contributed by atoms with van der Waals surface area (Å²) in [5.74, 6) is 0.956. The summed E-state index contributed by atoms with van der Waals surface area (Å²) in [6.45, 7) is 4.22. The summed E-state index contributed by atoms with van der Waals surface area (Å²) in [6.07, 6.45) is 7.55. The van der Waals surface area contributed by atoms with Crippen LogP contribution in [0, 0.1) is 5.92 Å². The number of hydrogen-bond acceptors (Lipinski definition) is 5. The fourth-order valence-corrected chi connectivity index (χ4v) is 3.81. The van der Waals surface area contributed by atoms with E-state index in [2.05, 4.69) is 11.8 Å². The Hall–Kier alpha value is -2.89. The number of rotatable bonds is 8. The van der Waals surface area contributed by atoms with E-state index < -0.39 is 11.5 Å². The van der Waals surface area contributed by atoms with Crippen molar-refractivity contribution >= 4 is 17.9 Å². The lowest BCUT2D eigenvalue weighted by atomic mass is 9.77. The molecule has 1 saturated heterocycles. The van der Waals surface area contributed by atoms with Gasteiger partial charge >= 0.3 is 0 Å². The van der Waals surface area contributed by atoms with Crippen molar-refractivity contribution < 1.29 is 19.4 Å². The molecule has 0 saturated carbocycles. The molecule has 1 N–H and O–H groups in total. The van der Waals surface area contributed by atoms with Crippen LogP contribution >= 0.6 is 0 Å². The van der Waals surface area contributed by atoms with Crippen molar-refractivity contribution in [3.05, 3.63) is 71.8 Å². The predicted molar refractivity (Wildman–Crippen MR) is 124 cm³/mol. The van der Waals surface area contributed by atoms with Crippen molar-refractivity contribution in [2.45, 2.75) is 18.9 Å². The Morgan fingerprint density at radius 2 is 1.58 bits per heavy atom. The highest BCUT2D eigenvalue weighted by Crippen LogP contribution is 2.32. The number of carbonyl (C=O) groups excluding carboxylic acids is 1. The Morgan fingerprint density at radius 1 is 1.03 bits per heavy atom. The van der Waals surface area contributed by atoms with Gasteiger partial charge in [0, 0.05) is 13.1 Å². The average Bonchev–Trinajstić information content (AvgIpc) is 2.82. The zero-order chi connectivity index (χ0) is 22.3. The first-order valence-corrected chi connectivity index (χ1v) is 10.6. The first-order valence-electron chi connectivity index (χ1n) is 10.6. The van der Waals surface area contributed by atoms with Crippen LogP contribution in [0.2, 0.25) is 0 Å². The second-order valence-electron chi connectivity index (χ2n) is 7.80. The van der Waals surface area contributed by atoms with E-state index in [1.54, 1.807) is 32.4 Å². The molecule has 0 aromatic heterocycles. The minimum atomic E-state index is -1.19. The standard InChI is InChI=1S/C26H31NO4/c1-4-27-18-17-26(29,16-15-21-7-12-23(31-3)13-8-21)24(19-27)25(28)14-9-20-5-10-22(30-2)11-6-20/h5-16,24,29H,4,17-19H2,1-3H3/b14-9+,16-15+/t24-,26+/m0/s1. The minimum Gasteiger partial charge on any atom is -0.497 e. The lowest BCUT2D eigenvalue weighted by molar-refractivity contribution is -0.129. The van der Waals surface area contributed by atoms with Crippen molar-refractivity contribution in [3.63, 3.8) is 0 Å². The molecule has 0 spiro atoms. The van der Waals surface area contributed by atoms with E-state index in [9.17, 15) is 9.90 Å². The fraction of sp³-hybridized carbons (Fsp3) is 0.346. The van der Waals surface area contributed by atoms with Crippen LogP contribution in [-0.4, -0.2) is 55.2 Å². The Bertz CT molecular complexity index is 917. The Balaban J connectivity index is 1.78. The molecule has 5 heteroatoms. The van der Waals surface area contributed by atoms with Gasteiger partial charge in [0.05, 0.1) is 25.7 Å². The number of methoxy groups -OCH3 is 2. The molecule has 0 unspecified atom stereocenters. The fourth-order valence-electron chi connectivity index (χ4n) is 3.81. The maximum absolute atomic E-state index is 13.1. The van der Waals surface area contributed by atoms with Crippen LogP contribution in [0.5, 0.6) is 11.5 Å². The van der Waals surface area contributed by atoms with Gasteiger partial charge in [-0.2, -0.15) is 0 Å². The van der Waals surface area contributed by atoms with E-state index >= 15 is 0 Å². The van der Waals surface area contributed by atoms with Crippen LogP contribution in [0.4, 0.5) is 0 Å². The van der Waals surface area contributed by atoms with E-state index in [1.807, 2.05) is 54.6 Å². The zero-order valence-electron chi connectivity index (χ0n) is 18.5. The smallest absolute Gasteiger partial charge is 0.163 e. The third kappa shape index (κ3) is 5.84. The number of benzene rings is 2. The summed E-state index contributed by atoms with van der Waals surface area (Å²) in [5.41, 5.74) is 0.675. The Morgan fingerprint density at radius 3 is 2.10 bits per heavy atom. The second-order valence-corrected chi connectivity index (χ2v) is 7.80. The minimum absolute atomic E-state index is 0.0733. The topological polar surface area (TPSA) is 59.0 Å². The number of hydrogen-bond donors (Lipinski definition) is 1. The van der Waals surface area contributed by atoms with Gasteiger partial charge in [0.1, 0.15) is 11.5 Å². The van der Waals surface area contributed by atoms with Gasteiger partial charge in [0.15, 0.2) is 5.78 Å². The van der Waals surface area contributed by atoms with Crippen LogP contribution in [0.3, 0.4) is 0 Å². The number of ketones is 1. The van der Waals surface area contributed by atoms with Gasteiger partial charge in [-0.15, -0.1) is 0 Å². The summed E-state index contributed by atoms with van der Waals surface area (Å²) >= 11 is 0. The molecule has 3 rings (SSSR count). The van der Waals surface area contributed by atoms with Gasteiger partial charge in [0.25, 0.3) is 0 Å². The average molecular weight is 422 g/mol. The van der Waals surface area contributed by atoms with Crippen LogP contribution in [0.15, 0.2) is 60.7 Å². The molecule has 0 amide bonds. The number of nitrogens with zero attached hydrogens (tertiary/aromatic N) is 1. The summed E-state index contributed by atoms with van der Waals surface area (Å²) in [7, 11) is 3.25. The summed E-state index contributed by atoms with van der Waals surface area (Å²) in [4.78, 5) is 15.3. The monoisotopic (exact) mass is 421 g/mol. The van der Waals surface area contributed by atoms with E-state index in [0.717, 1.165) is 35.7 Å². The van der Waals surface area contributed by atoms with Crippen LogP contribution in [-0.2, 0) is 4.79 Å². The van der Waals surface area contributed by atoms with Gasteiger partial charge in [-0.3, -0.25) is 4.79 Å². The molecule has 2 atom stereocenters. The molecule has 31 heavy (non-hydrogen) atoms. The normalized spacial score (nSPS) is 22.1. The molecule has 5 nitrogen and oxygen atoms in total. The first-order chi connectivity index (χ1) is 15.0. The predicted octanol–water partition coefficient (Wildman–Crippen LogP) is 4.07. The Labute approximate surface area is 184 Å². The van der Waals surface area contributed by atoms with Crippen molar-refractivity contribution in [2.24, 2.45) is 5.92 Å². The van der Waals surface area contributed by atoms with Crippen molar-refractivity contribution in [1.82, 2.24) is 4.90 Å². The van der Waals surface area contributed by atoms with Gasteiger partial charge in [-0.05, 0) is 54.4 Å². The van der Waals surface area contributed by atoms with Gasteiger partial charge in [-0.25, -0.2) is 0 Å². The third-order valence-electron chi connectivity index (χ3n) is 5.90. The highest BCUT2D eigenvalue weighted by molar-refractivity contribution is 5.96. The highest BCUT2D eigenvalue weighted by atomic mass is 16.5. The van der Waals surface area contributed by atoms with E-state index in [0.29, 0.717) is 13.0 Å². The van der Waals surface area contributed by atoms with Crippen LogP contribution in [0.25, 0.3) is 12.2 Å². The number of ether oxygens (including phenoxy) is 2. The molecule has 2 aromatic carbocycles. The second kappa shape index (κ2) is 10.4. The maximum atomic E-state index is 13.1. The number of piperidine rings is 1. The summed E-state index contributed by atoms with van der Waals surface area (Å²) in [6, 6.07) is 15.1. The van der Waals surface area contributed by atoms with Gasteiger partial charge in [-0.1, -0.05) is 49.4 Å².